The van der Waals surface area contributed by atoms with E-state index in [2.05, 4.69) is 11.8 Å². The molecule has 1 N–H and O–H groups in total. The molecule has 3 nitrogen and oxygen atoms in total. The van der Waals surface area contributed by atoms with E-state index in [-0.39, 0.29) is 6.04 Å². The molecule has 0 aliphatic heterocycles. The molecule has 1 aliphatic rings. The third-order valence-corrected chi connectivity index (χ3v) is 4.49. The molecule has 1 rings (SSSR count). The maximum absolute atomic E-state index is 11.2. The molecule has 106 valence electrons. The first-order valence-electron chi connectivity index (χ1n) is 7.54. The highest BCUT2D eigenvalue weighted by Crippen LogP contribution is 2.29. The Morgan fingerprint density at radius 1 is 1.28 bits per heavy atom. The van der Waals surface area contributed by atoms with Gasteiger partial charge in [0.2, 0.25) is 0 Å². The van der Waals surface area contributed by atoms with Crippen LogP contribution in [0.3, 0.4) is 0 Å². The molecule has 1 aliphatic carbocycles. The van der Waals surface area contributed by atoms with Gasteiger partial charge in [-0.2, -0.15) is 0 Å². The normalized spacial score (nSPS) is 26.9. The summed E-state index contributed by atoms with van der Waals surface area (Å²) >= 11 is 0. The lowest BCUT2D eigenvalue weighted by atomic mass is 9.95. The maximum Gasteiger partial charge on any atom is 0.320 e. The van der Waals surface area contributed by atoms with E-state index < -0.39 is 5.97 Å². The molecule has 0 radical (unpaired) electrons. The van der Waals surface area contributed by atoms with Gasteiger partial charge in [-0.1, -0.05) is 39.5 Å². The van der Waals surface area contributed by atoms with E-state index in [1.165, 1.54) is 44.9 Å². The van der Waals surface area contributed by atoms with E-state index in [4.69, 9.17) is 0 Å². The lowest BCUT2D eigenvalue weighted by molar-refractivity contribution is -0.143. The number of rotatable bonds is 6. The van der Waals surface area contributed by atoms with Gasteiger partial charge in [-0.25, -0.2) is 0 Å². The number of aliphatic carboxylic acids is 1. The highest BCUT2D eigenvalue weighted by Gasteiger charge is 2.28. The maximum atomic E-state index is 11.2. The van der Waals surface area contributed by atoms with Gasteiger partial charge in [-0.15, -0.1) is 0 Å². The number of hydrogen-bond donors (Lipinski definition) is 1. The summed E-state index contributed by atoms with van der Waals surface area (Å²) < 4.78 is 0. The van der Waals surface area contributed by atoms with Crippen molar-refractivity contribution in [3.8, 4) is 0 Å². The monoisotopic (exact) mass is 255 g/mol. The average molecular weight is 255 g/mol. The van der Waals surface area contributed by atoms with Gasteiger partial charge in [0, 0.05) is 6.04 Å². The molecular weight excluding hydrogens is 226 g/mol. The van der Waals surface area contributed by atoms with Gasteiger partial charge in [0.25, 0.3) is 0 Å². The molecule has 0 aromatic carbocycles. The smallest absolute Gasteiger partial charge is 0.320 e. The minimum absolute atomic E-state index is 0.308. The second-order valence-corrected chi connectivity index (χ2v) is 5.74. The lowest BCUT2D eigenvalue weighted by Gasteiger charge is -2.31. The number of carboxylic acids is 1. The van der Waals surface area contributed by atoms with Crippen molar-refractivity contribution in [3.63, 3.8) is 0 Å². The van der Waals surface area contributed by atoms with E-state index in [1.807, 2.05) is 14.0 Å². The van der Waals surface area contributed by atoms with E-state index in [1.54, 1.807) is 0 Å². The largest absolute Gasteiger partial charge is 0.480 e. The Morgan fingerprint density at radius 2 is 2.00 bits per heavy atom. The number of nitrogens with zero attached hydrogens (tertiary/aromatic N) is 1. The Kier molecular flexibility index (Phi) is 6.69. The van der Waals surface area contributed by atoms with Crippen LogP contribution >= 0.6 is 0 Å². The Hall–Kier alpha value is -0.570. The van der Waals surface area contributed by atoms with E-state index in [9.17, 15) is 9.90 Å². The SMILES string of the molecule is CCCC1CCCC(N(C)C(CC)C(=O)O)CC1. The topological polar surface area (TPSA) is 40.5 Å². The Balaban J connectivity index is 2.53. The van der Waals surface area contributed by atoms with Crippen LogP contribution in [0.5, 0.6) is 0 Å². The summed E-state index contributed by atoms with van der Waals surface area (Å²) in [4.78, 5) is 13.3. The van der Waals surface area contributed by atoms with Gasteiger partial charge in [0.15, 0.2) is 0 Å². The summed E-state index contributed by atoms with van der Waals surface area (Å²) in [6.07, 6.45) is 9.52. The van der Waals surface area contributed by atoms with Crippen molar-refractivity contribution in [2.45, 2.75) is 77.3 Å². The average Bonchev–Trinajstić information content (AvgIpc) is 2.55. The summed E-state index contributed by atoms with van der Waals surface area (Å²) in [5.74, 6) is 0.202. The first kappa shape index (κ1) is 15.5. The summed E-state index contributed by atoms with van der Waals surface area (Å²) in [7, 11) is 1.99. The zero-order valence-electron chi connectivity index (χ0n) is 12.2. The van der Waals surface area contributed by atoms with E-state index >= 15 is 0 Å². The van der Waals surface area contributed by atoms with Crippen LogP contribution in [0.25, 0.3) is 0 Å². The van der Waals surface area contributed by atoms with Crippen LogP contribution < -0.4 is 0 Å². The predicted molar refractivity (Wildman–Crippen MR) is 74.7 cm³/mol. The zero-order valence-corrected chi connectivity index (χ0v) is 12.2. The van der Waals surface area contributed by atoms with Crippen LogP contribution in [-0.2, 0) is 4.79 Å². The van der Waals surface area contributed by atoms with Crippen molar-refractivity contribution in [3.05, 3.63) is 0 Å². The fourth-order valence-electron chi connectivity index (χ4n) is 3.35. The summed E-state index contributed by atoms with van der Waals surface area (Å²) in [5, 5.41) is 9.24. The van der Waals surface area contributed by atoms with Gasteiger partial charge >= 0.3 is 5.97 Å². The molecule has 0 saturated heterocycles. The molecule has 0 aromatic rings. The van der Waals surface area contributed by atoms with E-state index in [0.29, 0.717) is 12.5 Å². The molecule has 18 heavy (non-hydrogen) atoms. The summed E-state index contributed by atoms with van der Waals surface area (Å²) in [6.45, 7) is 4.22. The molecule has 3 heteroatoms. The molecule has 3 unspecified atom stereocenters. The minimum atomic E-state index is -0.672. The first-order chi connectivity index (χ1) is 8.60. The molecule has 0 spiro atoms. The number of carboxylic acid groups (broad SMARTS) is 1. The van der Waals surface area contributed by atoms with Gasteiger partial charge in [0.1, 0.15) is 6.04 Å². The number of carbonyl (C=O) groups is 1. The number of hydrogen-bond acceptors (Lipinski definition) is 2. The molecule has 0 bridgehead atoms. The Morgan fingerprint density at radius 3 is 2.56 bits per heavy atom. The third-order valence-electron chi connectivity index (χ3n) is 4.49. The fraction of sp³-hybridized carbons (Fsp3) is 0.933. The van der Waals surface area contributed by atoms with E-state index in [0.717, 1.165) is 5.92 Å². The quantitative estimate of drug-likeness (QED) is 0.738. The van der Waals surface area contributed by atoms with Crippen molar-refractivity contribution in [2.24, 2.45) is 5.92 Å². The van der Waals surface area contributed by atoms with Gasteiger partial charge in [0.05, 0.1) is 0 Å². The zero-order chi connectivity index (χ0) is 13.5. The molecule has 1 saturated carbocycles. The van der Waals surface area contributed by atoms with Crippen molar-refractivity contribution < 1.29 is 9.90 Å². The highest BCUT2D eigenvalue weighted by atomic mass is 16.4. The van der Waals surface area contributed by atoms with Crippen LogP contribution in [-0.4, -0.2) is 35.1 Å². The third kappa shape index (κ3) is 4.27. The van der Waals surface area contributed by atoms with Crippen LogP contribution in [0.2, 0.25) is 0 Å². The van der Waals surface area contributed by atoms with Crippen molar-refractivity contribution >= 4 is 5.97 Å². The number of likely N-dealkylation sites (N-methyl/N-ethyl adjacent to an activating group) is 1. The van der Waals surface area contributed by atoms with Crippen LogP contribution in [0.15, 0.2) is 0 Å². The Labute approximate surface area is 112 Å². The standard InChI is InChI=1S/C15H29NO2/c1-4-7-12-8-6-9-13(11-10-12)16(3)14(5-2)15(17)18/h12-14H,4-11H2,1-3H3,(H,17,18). The van der Waals surface area contributed by atoms with Gasteiger partial charge in [-0.3, -0.25) is 9.69 Å². The summed E-state index contributed by atoms with van der Waals surface area (Å²) in [5.41, 5.74) is 0. The Bertz CT molecular complexity index is 255. The van der Waals surface area contributed by atoms with Crippen molar-refractivity contribution in [1.82, 2.24) is 4.90 Å². The van der Waals surface area contributed by atoms with Crippen molar-refractivity contribution in [1.29, 1.82) is 0 Å². The molecule has 1 fully saturated rings. The highest BCUT2D eigenvalue weighted by molar-refractivity contribution is 5.73. The van der Waals surface area contributed by atoms with Crippen LogP contribution in [0, 0.1) is 5.92 Å². The molecule has 0 heterocycles. The molecular formula is C15H29NO2. The molecule has 0 amide bonds. The predicted octanol–water partition coefficient (Wildman–Crippen LogP) is 3.53. The second-order valence-electron chi connectivity index (χ2n) is 5.74. The second kappa shape index (κ2) is 7.78. The lowest BCUT2D eigenvalue weighted by Crippen LogP contribution is -2.44. The molecule has 3 atom stereocenters. The van der Waals surface area contributed by atoms with Crippen LogP contribution in [0.4, 0.5) is 0 Å². The first-order valence-corrected chi connectivity index (χ1v) is 7.54. The van der Waals surface area contributed by atoms with Crippen LogP contribution in [0.1, 0.15) is 65.2 Å². The van der Waals surface area contributed by atoms with Gasteiger partial charge < -0.3 is 5.11 Å². The summed E-state index contributed by atoms with van der Waals surface area (Å²) in [6, 6.07) is 0.158. The molecule has 0 aromatic heterocycles. The van der Waals surface area contributed by atoms with Gasteiger partial charge in [-0.05, 0) is 38.6 Å². The minimum Gasteiger partial charge on any atom is -0.480 e. The fourth-order valence-corrected chi connectivity index (χ4v) is 3.35. The van der Waals surface area contributed by atoms with Crippen molar-refractivity contribution in [2.75, 3.05) is 7.05 Å².